The quantitative estimate of drug-likeness (QED) is 0.729. The number of nitrogens with one attached hydrogen (secondary N) is 1. The molecule has 0 aromatic carbocycles. The van der Waals surface area contributed by atoms with Crippen molar-refractivity contribution in [3.05, 3.63) is 23.4 Å². The van der Waals surface area contributed by atoms with Crippen molar-refractivity contribution in [3.8, 4) is 0 Å². The van der Waals surface area contributed by atoms with E-state index in [1.807, 2.05) is 6.92 Å². The average molecular weight is 217 g/mol. The zero-order valence-electron chi connectivity index (χ0n) is 8.10. The van der Waals surface area contributed by atoms with Crippen LogP contribution in [-0.2, 0) is 6.42 Å². The van der Waals surface area contributed by atoms with Gasteiger partial charge in [0.05, 0.1) is 5.69 Å². The molecule has 1 aromatic heterocycles. The highest BCUT2D eigenvalue weighted by Crippen LogP contribution is 2.20. The minimum absolute atomic E-state index is 0.174. The largest absolute Gasteiger partial charge is 0.482 e. The van der Waals surface area contributed by atoms with Crippen LogP contribution in [0.25, 0.3) is 6.20 Å². The summed E-state index contributed by atoms with van der Waals surface area (Å²) < 4.78 is 37.8. The summed E-state index contributed by atoms with van der Waals surface area (Å²) in [4.78, 5) is 4.19. The van der Waals surface area contributed by atoms with Gasteiger partial charge in [0.25, 0.3) is 0 Å². The molecule has 1 aliphatic rings. The summed E-state index contributed by atoms with van der Waals surface area (Å²) in [6, 6.07) is 0. The molecule has 0 unspecified atom stereocenters. The Morgan fingerprint density at radius 1 is 1.40 bits per heavy atom. The molecule has 0 radical (unpaired) electrons. The van der Waals surface area contributed by atoms with Crippen LogP contribution in [0, 0.1) is 6.92 Å². The fourth-order valence-electron chi connectivity index (χ4n) is 1.62. The molecule has 0 aliphatic carbocycles. The molecule has 82 valence electrons. The number of hydrogen-bond donors (Lipinski definition) is 1. The molecule has 6 heteroatoms. The van der Waals surface area contributed by atoms with Crippen LogP contribution < -0.4 is 5.32 Å². The van der Waals surface area contributed by atoms with E-state index in [-0.39, 0.29) is 5.70 Å². The standard InChI is InChI=1S/C9H10F3N3/c1-6-4-15-5-7(14-9(10,11)12)2-3-8(15)13-6/h4-5,14H,2-3H2,1H3. The van der Waals surface area contributed by atoms with Gasteiger partial charge in [-0.3, -0.25) is 5.32 Å². The smallest absolute Gasteiger partial charge is 0.309 e. The summed E-state index contributed by atoms with van der Waals surface area (Å²) in [5.74, 6) is 0.806. The fraction of sp³-hybridized carbons (Fsp3) is 0.444. The van der Waals surface area contributed by atoms with Gasteiger partial charge in [-0.1, -0.05) is 0 Å². The van der Waals surface area contributed by atoms with Gasteiger partial charge in [0.1, 0.15) is 5.82 Å². The van der Waals surface area contributed by atoms with Gasteiger partial charge in [-0.05, 0) is 13.3 Å². The minimum Gasteiger partial charge on any atom is -0.309 e. The molecule has 1 aromatic rings. The second-order valence-corrected chi connectivity index (χ2v) is 3.48. The van der Waals surface area contributed by atoms with Crippen LogP contribution in [0.4, 0.5) is 13.2 Å². The molecule has 0 fully saturated rings. The van der Waals surface area contributed by atoms with E-state index < -0.39 is 6.30 Å². The lowest BCUT2D eigenvalue weighted by atomic mass is 10.2. The van der Waals surface area contributed by atoms with Crippen LogP contribution in [0.1, 0.15) is 17.9 Å². The number of imidazole rings is 1. The third-order valence-corrected chi connectivity index (χ3v) is 2.14. The Bertz CT molecular complexity index is 403. The lowest BCUT2D eigenvalue weighted by Gasteiger charge is -2.17. The normalized spacial score (nSPS) is 15.9. The van der Waals surface area contributed by atoms with Crippen molar-refractivity contribution in [2.24, 2.45) is 0 Å². The first-order chi connectivity index (χ1) is 6.94. The highest BCUT2D eigenvalue weighted by molar-refractivity contribution is 5.36. The fourth-order valence-corrected chi connectivity index (χ4v) is 1.62. The van der Waals surface area contributed by atoms with Gasteiger partial charge in [-0.2, -0.15) is 13.2 Å². The average Bonchev–Trinajstić information content (AvgIpc) is 2.40. The molecule has 2 heterocycles. The van der Waals surface area contributed by atoms with Crippen molar-refractivity contribution < 1.29 is 13.2 Å². The molecule has 0 amide bonds. The van der Waals surface area contributed by atoms with Gasteiger partial charge in [-0.15, -0.1) is 0 Å². The lowest BCUT2D eigenvalue weighted by molar-refractivity contribution is -0.149. The zero-order valence-corrected chi connectivity index (χ0v) is 8.10. The maximum atomic E-state index is 12.0. The number of hydrogen-bond acceptors (Lipinski definition) is 2. The van der Waals surface area contributed by atoms with E-state index in [1.165, 1.54) is 11.5 Å². The van der Waals surface area contributed by atoms with Crippen molar-refractivity contribution >= 4 is 6.20 Å². The summed E-state index contributed by atoms with van der Waals surface area (Å²) in [6.45, 7) is 1.82. The number of alkyl halides is 3. The van der Waals surface area contributed by atoms with E-state index in [9.17, 15) is 13.2 Å². The molecular formula is C9H10F3N3. The molecule has 0 bridgehead atoms. The van der Waals surface area contributed by atoms with E-state index in [0.717, 1.165) is 11.5 Å². The van der Waals surface area contributed by atoms with Crippen molar-refractivity contribution in [1.29, 1.82) is 0 Å². The van der Waals surface area contributed by atoms with E-state index in [2.05, 4.69) is 4.98 Å². The predicted molar refractivity (Wildman–Crippen MR) is 48.7 cm³/mol. The van der Waals surface area contributed by atoms with Gasteiger partial charge in [0.2, 0.25) is 0 Å². The highest BCUT2D eigenvalue weighted by Gasteiger charge is 2.29. The van der Waals surface area contributed by atoms with Crippen molar-refractivity contribution in [3.63, 3.8) is 0 Å². The number of fused-ring (bicyclic) bond motifs is 1. The van der Waals surface area contributed by atoms with E-state index in [1.54, 1.807) is 10.8 Å². The Labute approximate surface area is 84.6 Å². The Balaban J connectivity index is 2.21. The van der Waals surface area contributed by atoms with Crippen LogP contribution in [0.5, 0.6) is 0 Å². The van der Waals surface area contributed by atoms with Gasteiger partial charge < -0.3 is 4.57 Å². The van der Waals surface area contributed by atoms with Crippen LogP contribution in [-0.4, -0.2) is 15.9 Å². The summed E-state index contributed by atoms with van der Waals surface area (Å²) >= 11 is 0. The van der Waals surface area contributed by atoms with Crippen LogP contribution >= 0.6 is 0 Å². The maximum absolute atomic E-state index is 12.0. The first-order valence-electron chi connectivity index (χ1n) is 4.54. The molecule has 0 saturated heterocycles. The first-order valence-corrected chi connectivity index (χ1v) is 4.54. The molecule has 2 rings (SSSR count). The molecule has 1 N–H and O–H groups in total. The zero-order chi connectivity index (χ0) is 11.1. The summed E-state index contributed by atoms with van der Waals surface area (Å²) in [7, 11) is 0. The second-order valence-electron chi connectivity index (χ2n) is 3.48. The first kappa shape index (κ1) is 10.1. The molecule has 0 saturated carbocycles. The minimum atomic E-state index is -4.36. The monoisotopic (exact) mass is 217 g/mol. The molecule has 0 atom stereocenters. The van der Waals surface area contributed by atoms with Gasteiger partial charge in [0, 0.05) is 24.5 Å². The number of aryl methyl sites for hydroxylation is 2. The summed E-state index contributed by atoms with van der Waals surface area (Å²) in [5.41, 5.74) is 0.988. The number of aromatic nitrogens is 2. The lowest BCUT2D eigenvalue weighted by Crippen LogP contribution is -2.32. The molecule has 1 aliphatic heterocycles. The predicted octanol–water partition coefficient (Wildman–Crippen LogP) is 2.05. The SMILES string of the molecule is Cc1cn2c(n1)CCC(NC(F)(F)F)=C2. The van der Waals surface area contributed by atoms with E-state index in [4.69, 9.17) is 0 Å². The molecular weight excluding hydrogens is 207 g/mol. The summed E-state index contributed by atoms with van der Waals surface area (Å²) in [5, 5.41) is 1.52. The third-order valence-electron chi connectivity index (χ3n) is 2.14. The number of rotatable bonds is 1. The van der Waals surface area contributed by atoms with Crippen molar-refractivity contribution in [2.75, 3.05) is 0 Å². The number of nitrogens with zero attached hydrogens (tertiary/aromatic N) is 2. The van der Waals surface area contributed by atoms with Gasteiger partial charge in [0.15, 0.2) is 0 Å². The van der Waals surface area contributed by atoms with Crippen molar-refractivity contribution in [2.45, 2.75) is 26.1 Å². The second kappa shape index (κ2) is 3.29. The van der Waals surface area contributed by atoms with Crippen LogP contribution in [0.15, 0.2) is 11.9 Å². The number of halogens is 3. The summed E-state index contributed by atoms with van der Waals surface area (Å²) in [6.07, 6.45) is -0.337. The van der Waals surface area contributed by atoms with Crippen LogP contribution in [0.3, 0.4) is 0 Å². The van der Waals surface area contributed by atoms with Gasteiger partial charge in [-0.25, -0.2) is 4.98 Å². The Hall–Kier alpha value is -1.46. The molecule has 15 heavy (non-hydrogen) atoms. The third kappa shape index (κ3) is 2.31. The molecule has 0 spiro atoms. The highest BCUT2D eigenvalue weighted by atomic mass is 19.4. The van der Waals surface area contributed by atoms with Crippen molar-refractivity contribution in [1.82, 2.24) is 14.9 Å². The van der Waals surface area contributed by atoms with Gasteiger partial charge >= 0.3 is 6.30 Å². The Kier molecular flexibility index (Phi) is 2.21. The Morgan fingerprint density at radius 2 is 2.13 bits per heavy atom. The van der Waals surface area contributed by atoms with E-state index >= 15 is 0 Å². The maximum Gasteiger partial charge on any atom is 0.482 e. The number of allylic oxidation sites excluding steroid dienone is 1. The molecule has 3 nitrogen and oxygen atoms in total. The van der Waals surface area contributed by atoms with Crippen LogP contribution in [0.2, 0.25) is 0 Å². The topological polar surface area (TPSA) is 29.9 Å². The Morgan fingerprint density at radius 3 is 2.80 bits per heavy atom. The van der Waals surface area contributed by atoms with E-state index in [0.29, 0.717) is 12.8 Å².